The van der Waals surface area contributed by atoms with Crippen molar-refractivity contribution in [3.63, 3.8) is 0 Å². The molecule has 0 atom stereocenters. The van der Waals surface area contributed by atoms with Crippen molar-refractivity contribution in [2.45, 2.75) is 0 Å². The summed E-state index contributed by atoms with van der Waals surface area (Å²) in [6, 6.07) is 7.88. The Bertz CT molecular complexity index is 1100. The SMILES string of the molecule is C=CCN=c1scc(-c2ccc(Cl)cc2Cl)n1N=Cc1ccc([N+](=O)[O-])o1. The molecule has 0 radical (unpaired) electrons. The third-order valence-corrected chi connectivity index (χ3v) is 4.74. The van der Waals surface area contributed by atoms with Gasteiger partial charge >= 0.3 is 5.88 Å². The van der Waals surface area contributed by atoms with Crippen molar-refractivity contribution in [3.8, 4) is 11.3 Å². The predicted molar refractivity (Wildman–Crippen MR) is 107 cm³/mol. The van der Waals surface area contributed by atoms with Crippen molar-refractivity contribution in [1.82, 2.24) is 4.68 Å². The second-order valence-corrected chi connectivity index (χ2v) is 6.83. The zero-order valence-electron chi connectivity index (χ0n) is 13.7. The molecule has 0 spiro atoms. The first-order valence-electron chi connectivity index (χ1n) is 7.55. The summed E-state index contributed by atoms with van der Waals surface area (Å²) in [5, 5.41) is 18.0. The van der Waals surface area contributed by atoms with Crippen LogP contribution in [-0.4, -0.2) is 22.4 Å². The number of nitrogens with zero attached hydrogens (tertiary/aromatic N) is 4. The van der Waals surface area contributed by atoms with Crippen LogP contribution < -0.4 is 4.80 Å². The molecule has 3 aromatic rings. The van der Waals surface area contributed by atoms with E-state index >= 15 is 0 Å². The van der Waals surface area contributed by atoms with Gasteiger partial charge in [-0.2, -0.15) is 5.10 Å². The molecule has 0 saturated heterocycles. The summed E-state index contributed by atoms with van der Waals surface area (Å²) < 4.78 is 6.68. The second kappa shape index (κ2) is 8.34. The summed E-state index contributed by atoms with van der Waals surface area (Å²) in [7, 11) is 0. The van der Waals surface area contributed by atoms with E-state index in [0.717, 1.165) is 5.56 Å². The second-order valence-electron chi connectivity index (χ2n) is 5.15. The highest BCUT2D eigenvalue weighted by Crippen LogP contribution is 2.30. The normalized spacial score (nSPS) is 12.0. The van der Waals surface area contributed by atoms with Crippen molar-refractivity contribution in [2.24, 2.45) is 10.1 Å². The maximum Gasteiger partial charge on any atom is 0.433 e. The smallest absolute Gasteiger partial charge is 0.400 e. The quantitative estimate of drug-likeness (QED) is 0.242. The molecule has 0 aliphatic carbocycles. The minimum absolute atomic E-state index is 0.239. The first-order valence-corrected chi connectivity index (χ1v) is 9.19. The third-order valence-electron chi connectivity index (χ3n) is 3.34. The molecule has 0 amide bonds. The van der Waals surface area contributed by atoms with Crippen molar-refractivity contribution in [2.75, 3.05) is 6.54 Å². The molecule has 2 heterocycles. The van der Waals surface area contributed by atoms with Gasteiger partial charge in [-0.25, -0.2) is 4.68 Å². The molecular formula is C17H12Cl2N4O3S. The number of hydrogen-bond acceptors (Lipinski definition) is 6. The Kier molecular flexibility index (Phi) is 5.90. The van der Waals surface area contributed by atoms with Crippen LogP contribution in [-0.2, 0) is 0 Å². The van der Waals surface area contributed by atoms with E-state index in [1.165, 1.54) is 29.7 Å². The molecule has 27 heavy (non-hydrogen) atoms. The molecule has 0 bridgehead atoms. The monoisotopic (exact) mass is 422 g/mol. The average molecular weight is 423 g/mol. The minimum atomic E-state index is -0.612. The molecule has 0 N–H and O–H groups in total. The molecule has 3 rings (SSSR count). The van der Waals surface area contributed by atoms with E-state index in [2.05, 4.69) is 16.7 Å². The highest BCUT2D eigenvalue weighted by atomic mass is 35.5. The predicted octanol–water partition coefficient (Wildman–Crippen LogP) is 4.99. The van der Waals surface area contributed by atoms with Crippen LogP contribution in [0.5, 0.6) is 0 Å². The number of aromatic nitrogens is 1. The fraction of sp³-hybridized carbons (Fsp3) is 0.0588. The van der Waals surface area contributed by atoms with Gasteiger partial charge in [0.15, 0.2) is 5.76 Å². The molecule has 2 aromatic heterocycles. The number of halogens is 2. The van der Waals surface area contributed by atoms with Gasteiger partial charge in [-0.15, -0.1) is 17.9 Å². The summed E-state index contributed by atoms with van der Waals surface area (Å²) in [4.78, 5) is 15.1. The van der Waals surface area contributed by atoms with E-state index in [9.17, 15) is 10.1 Å². The van der Waals surface area contributed by atoms with Gasteiger partial charge in [-0.3, -0.25) is 15.1 Å². The van der Waals surface area contributed by atoms with Crippen molar-refractivity contribution >= 4 is 46.6 Å². The van der Waals surface area contributed by atoms with Crippen LogP contribution in [0.3, 0.4) is 0 Å². The molecule has 0 fully saturated rings. The summed E-state index contributed by atoms with van der Waals surface area (Å²) in [6.45, 7) is 4.07. The van der Waals surface area contributed by atoms with Crippen LogP contribution in [0.2, 0.25) is 10.0 Å². The molecule has 0 saturated carbocycles. The standard InChI is InChI=1S/C17H12Cl2N4O3S/c1-2-7-20-17-22(21-9-12-4-6-16(26-12)23(24)25)15(10-27-17)13-5-3-11(18)8-14(13)19/h2-6,8-10H,1,7H2. The lowest BCUT2D eigenvalue weighted by Crippen LogP contribution is -2.12. The molecule has 10 heteroatoms. The lowest BCUT2D eigenvalue weighted by Gasteiger charge is -2.06. The maximum atomic E-state index is 10.7. The molecule has 1 aromatic carbocycles. The topological polar surface area (TPSA) is 85.9 Å². The van der Waals surface area contributed by atoms with Crippen molar-refractivity contribution in [1.29, 1.82) is 0 Å². The molecule has 7 nitrogen and oxygen atoms in total. The molecule has 138 valence electrons. The number of thiazole rings is 1. The number of nitro groups is 1. The Balaban J connectivity index is 2.08. The maximum absolute atomic E-state index is 10.7. The van der Waals surface area contributed by atoms with Gasteiger partial charge < -0.3 is 4.42 Å². The van der Waals surface area contributed by atoms with E-state index in [1.807, 2.05) is 5.38 Å². The van der Waals surface area contributed by atoms with E-state index in [0.29, 0.717) is 27.1 Å². The van der Waals surface area contributed by atoms with E-state index in [1.54, 1.807) is 29.0 Å². The van der Waals surface area contributed by atoms with Crippen LogP contribution in [0.15, 0.2) is 62.9 Å². The van der Waals surface area contributed by atoms with E-state index in [4.69, 9.17) is 27.6 Å². The molecular weight excluding hydrogens is 411 g/mol. The Hall–Kier alpha value is -2.68. The van der Waals surface area contributed by atoms with Gasteiger partial charge in [0.25, 0.3) is 0 Å². The highest BCUT2D eigenvalue weighted by molar-refractivity contribution is 7.07. The average Bonchev–Trinajstić information content (AvgIpc) is 3.25. The largest absolute Gasteiger partial charge is 0.433 e. The van der Waals surface area contributed by atoms with Crippen LogP contribution in [0, 0.1) is 10.1 Å². The summed E-state index contributed by atoms with van der Waals surface area (Å²) in [5.41, 5.74) is 1.42. The zero-order chi connectivity index (χ0) is 19.4. The molecule has 0 aliphatic rings. The molecule has 0 aliphatic heterocycles. The van der Waals surface area contributed by atoms with Crippen LogP contribution in [0.1, 0.15) is 5.76 Å². The number of benzene rings is 1. The van der Waals surface area contributed by atoms with Gasteiger partial charge in [0.2, 0.25) is 4.80 Å². The van der Waals surface area contributed by atoms with Gasteiger partial charge in [-0.05, 0) is 24.3 Å². The first-order chi connectivity index (χ1) is 13.0. The third kappa shape index (κ3) is 4.36. The number of furan rings is 1. The van der Waals surface area contributed by atoms with Gasteiger partial charge in [0, 0.05) is 16.0 Å². The summed E-state index contributed by atoms with van der Waals surface area (Å²) in [5.74, 6) is -0.118. The summed E-state index contributed by atoms with van der Waals surface area (Å²) >= 11 is 13.7. The lowest BCUT2D eigenvalue weighted by atomic mass is 10.2. The fourth-order valence-electron chi connectivity index (χ4n) is 2.17. The lowest BCUT2D eigenvalue weighted by molar-refractivity contribution is -0.402. The molecule has 0 unspecified atom stereocenters. The highest BCUT2D eigenvalue weighted by Gasteiger charge is 2.13. The Morgan fingerprint density at radius 3 is 2.81 bits per heavy atom. The van der Waals surface area contributed by atoms with Crippen LogP contribution in [0.4, 0.5) is 5.88 Å². The van der Waals surface area contributed by atoms with Crippen molar-refractivity contribution in [3.05, 3.63) is 79.1 Å². The Morgan fingerprint density at radius 1 is 1.33 bits per heavy atom. The van der Waals surface area contributed by atoms with Crippen molar-refractivity contribution < 1.29 is 9.34 Å². The minimum Gasteiger partial charge on any atom is -0.400 e. The van der Waals surface area contributed by atoms with Crippen LogP contribution >= 0.6 is 34.5 Å². The number of hydrogen-bond donors (Lipinski definition) is 0. The zero-order valence-corrected chi connectivity index (χ0v) is 16.0. The van der Waals surface area contributed by atoms with Gasteiger partial charge in [-0.1, -0.05) is 29.3 Å². The van der Waals surface area contributed by atoms with Crippen LogP contribution in [0.25, 0.3) is 11.3 Å². The Morgan fingerprint density at radius 2 is 2.15 bits per heavy atom. The van der Waals surface area contributed by atoms with Gasteiger partial charge in [0.1, 0.15) is 4.92 Å². The van der Waals surface area contributed by atoms with E-state index in [-0.39, 0.29) is 11.6 Å². The van der Waals surface area contributed by atoms with Gasteiger partial charge in [0.05, 0.1) is 29.5 Å². The summed E-state index contributed by atoms with van der Waals surface area (Å²) in [6.07, 6.45) is 3.04. The number of rotatable bonds is 6. The Labute approximate surface area is 167 Å². The fourth-order valence-corrected chi connectivity index (χ4v) is 3.51. The first kappa shape index (κ1) is 19.1. The van der Waals surface area contributed by atoms with E-state index < -0.39 is 4.92 Å².